The van der Waals surface area contributed by atoms with Gasteiger partial charge in [-0.15, -0.1) is 0 Å². The zero-order valence-corrected chi connectivity index (χ0v) is 12.1. The van der Waals surface area contributed by atoms with Gasteiger partial charge in [0.15, 0.2) is 0 Å². The van der Waals surface area contributed by atoms with Gasteiger partial charge in [-0.1, -0.05) is 0 Å². The van der Waals surface area contributed by atoms with Crippen molar-refractivity contribution in [1.29, 1.82) is 0 Å². The number of rotatable bonds is 4. The van der Waals surface area contributed by atoms with Crippen molar-refractivity contribution in [3.63, 3.8) is 0 Å². The molecule has 0 bridgehead atoms. The Kier molecular flexibility index (Phi) is 4.00. The summed E-state index contributed by atoms with van der Waals surface area (Å²) in [6, 6.07) is 1.57. The number of sulfonamides is 1. The van der Waals surface area contributed by atoms with Crippen molar-refractivity contribution >= 4 is 27.6 Å². The molecule has 2 heterocycles. The molecule has 2 aromatic rings. The molecule has 1 N–H and O–H groups in total. The van der Waals surface area contributed by atoms with E-state index in [1.807, 2.05) is 0 Å². The Labute approximate surface area is 120 Å². The van der Waals surface area contributed by atoms with Crippen LogP contribution in [0.2, 0.25) is 5.28 Å². The highest BCUT2D eigenvalue weighted by atomic mass is 35.5. The first-order valence-electron chi connectivity index (χ1n) is 5.31. The molecule has 0 aliphatic rings. The van der Waals surface area contributed by atoms with E-state index in [1.165, 1.54) is 7.11 Å². The molecule has 0 amide bonds. The Morgan fingerprint density at radius 2 is 1.90 bits per heavy atom. The predicted molar refractivity (Wildman–Crippen MR) is 71.2 cm³/mol. The third-order valence-corrected chi connectivity index (χ3v) is 3.65. The summed E-state index contributed by atoms with van der Waals surface area (Å²) in [5.41, 5.74) is 0.557. The quantitative estimate of drug-likeness (QED) is 0.840. The first-order valence-corrected chi connectivity index (χ1v) is 7.17. The molecule has 0 aliphatic carbocycles. The smallest absolute Gasteiger partial charge is 0.267 e. The van der Waals surface area contributed by atoms with Gasteiger partial charge in [0.05, 0.1) is 19.5 Å². The molecule has 2 aromatic heterocycles. The van der Waals surface area contributed by atoms with Gasteiger partial charge in [-0.2, -0.15) is 4.98 Å². The number of aromatic nitrogens is 4. The Morgan fingerprint density at radius 1 is 1.25 bits per heavy atom. The summed E-state index contributed by atoms with van der Waals surface area (Å²) in [6.07, 6.45) is 2.18. The lowest BCUT2D eigenvalue weighted by Crippen LogP contribution is -2.16. The SMILES string of the molecule is COc1cc(C)nc(NS(=O)(=O)c2cnc(Cl)nc2)n1. The first-order chi connectivity index (χ1) is 9.40. The molecule has 0 saturated heterocycles. The van der Waals surface area contributed by atoms with Gasteiger partial charge < -0.3 is 4.74 Å². The fraction of sp³-hybridized carbons (Fsp3) is 0.200. The number of halogens is 1. The minimum Gasteiger partial charge on any atom is -0.481 e. The summed E-state index contributed by atoms with van der Waals surface area (Å²) in [4.78, 5) is 14.9. The molecule has 0 atom stereocenters. The monoisotopic (exact) mass is 315 g/mol. The average Bonchev–Trinajstić information content (AvgIpc) is 2.37. The number of nitrogens with one attached hydrogen (secondary N) is 1. The van der Waals surface area contributed by atoms with Gasteiger partial charge in [0.1, 0.15) is 4.90 Å². The molecule has 0 aromatic carbocycles. The Bertz CT molecular complexity index is 720. The van der Waals surface area contributed by atoms with Crippen LogP contribution < -0.4 is 9.46 Å². The van der Waals surface area contributed by atoms with Gasteiger partial charge in [-0.3, -0.25) is 0 Å². The molecular weight excluding hydrogens is 306 g/mol. The highest BCUT2D eigenvalue weighted by Gasteiger charge is 2.17. The molecule has 0 aliphatic heterocycles. The van der Waals surface area contributed by atoms with Crippen LogP contribution in [-0.2, 0) is 10.0 Å². The second-order valence-corrected chi connectivity index (χ2v) is 5.69. The Hall–Kier alpha value is -2.00. The third kappa shape index (κ3) is 3.31. The van der Waals surface area contributed by atoms with Crippen molar-refractivity contribution < 1.29 is 13.2 Å². The van der Waals surface area contributed by atoms with Gasteiger partial charge in [-0.25, -0.2) is 28.1 Å². The number of methoxy groups -OCH3 is 1. The lowest BCUT2D eigenvalue weighted by atomic mass is 10.4. The molecule has 106 valence electrons. The van der Waals surface area contributed by atoms with Crippen molar-refractivity contribution in [3.05, 3.63) is 29.4 Å². The second-order valence-electron chi connectivity index (χ2n) is 3.67. The molecule has 0 radical (unpaired) electrons. The van der Waals surface area contributed by atoms with Crippen LogP contribution in [0, 0.1) is 6.92 Å². The number of ether oxygens (including phenoxy) is 1. The van der Waals surface area contributed by atoms with Crippen LogP contribution in [0.1, 0.15) is 5.69 Å². The van der Waals surface area contributed by atoms with E-state index in [2.05, 4.69) is 24.7 Å². The number of hydrogen-bond donors (Lipinski definition) is 1. The molecule has 8 nitrogen and oxygen atoms in total. The number of anilines is 1. The normalized spacial score (nSPS) is 11.2. The van der Waals surface area contributed by atoms with Crippen LogP contribution >= 0.6 is 11.6 Å². The van der Waals surface area contributed by atoms with Gasteiger partial charge in [0.25, 0.3) is 10.0 Å². The predicted octanol–water partition coefficient (Wildman–Crippen LogP) is 1.04. The third-order valence-electron chi connectivity index (χ3n) is 2.17. The van der Waals surface area contributed by atoms with E-state index >= 15 is 0 Å². The van der Waals surface area contributed by atoms with Crippen LogP contribution in [0.25, 0.3) is 0 Å². The summed E-state index contributed by atoms with van der Waals surface area (Å²) in [7, 11) is -2.46. The van der Waals surface area contributed by atoms with E-state index in [9.17, 15) is 8.42 Å². The van der Waals surface area contributed by atoms with E-state index in [1.54, 1.807) is 13.0 Å². The maximum Gasteiger partial charge on any atom is 0.267 e. The lowest BCUT2D eigenvalue weighted by Gasteiger charge is -2.08. The summed E-state index contributed by atoms with van der Waals surface area (Å²) in [5, 5.41) is -0.0441. The average molecular weight is 316 g/mol. The van der Waals surface area contributed by atoms with E-state index in [-0.39, 0.29) is 22.0 Å². The highest BCUT2D eigenvalue weighted by Crippen LogP contribution is 2.15. The zero-order valence-electron chi connectivity index (χ0n) is 10.5. The molecule has 0 spiro atoms. The van der Waals surface area contributed by atoms with Gasteiger partial charge >= 0.3 is 0 Å². The van der Waals surface area contributed by atoms with Crippen LogP contribution in [0.15, 0.2) is 23.4 Å². The van der Waals surface area contributed by atoms with Crippen LogP contribution in [0.5, 0.6) is 5.88 Å². The molecule has 0 fully saturated rings. The molecule has 0 unspecified atom stereocenters. The van der Waals surface area contributed by atoms with Crippen molar-refractivity contribution in [2.75, 3.05) is 11.8 Å². The summed E-state index contributed by atoms with van der Waals surface area (Å²) in [5.74, 6) is 0.152. The standard InChI is InChI=1S/C10H10ClN5O3S/c1-6-3-8(19-2)15-10(14-6)16-20(17,18)7-4-12-9(11)13-5-7/h3-5H,1-2H3,(H,14,15,16). The minimum absolute atomic E-state index is 0.0441. The molecule has 2 rings (SSSR count). The highest BCUT2D eigenvalue weighted by molar-refractivity contribution is 7.92. The topological polar surface area (TPSA) is 107 Å². The number of aryl methyl sites for hydroxylation is 1. The van der Waals surface area contributed by atoms with Crippen molar-refractivity contribution in [1.82, 2.24) is 19.9 Å². The van der Waals surface area contributed by atoms with Gasteiger partial charge in [-0.05, 0) is 18.5 Å². The van der Waals surface area contributed by atoms with E-state index in [0.29, 0.717) is 5.69 Å². The number of nitrogens with zero attached hydrogens (tertiary/aromatic N) is 4. The summed E-state index contributed by atoms with van der Waals surface area (Å²) < 4.78 is 31.3. The van der Waals surface area contributed by atoms with Crippen LogP contribution in [0.3, 0.4) is 0 Å². The molecular formula is C10H10ClN5O3S. The van der Waals surface area contributed by atoms with E-state index < -0.39 is 10.0 Å². The van der Waals surface area contributed by atoms with Crippen molar-refractivity contribution in [2.45, 2.75) is 11.8 Å². The molecule has 0 saturated carbocycles. The molecule has 20 heavy (non-hydrogen) atoms. The van der Waals surface area contributed by atoms with Gasteiger partial charge in [0, 0.05) is 11.8 Å². The minimum atomic E-state index is -3.89. The largest absolute Gasteiger partial charge is 0.481 e. The maximum atomic E-state index is 12.1. The maximum absolute atomic E-state index is 12.1. The van der Waals surface area contributed by atoms with E-state index in [0.717, 1.165) is 12.4 Å². The summed E-state index contributed by atoms with van der Waals surface area (Å²) in [6.45, 7) is 1.69. The summed E-state index contributed by atoms with van der Waals surface area (Å²) >= 11 is 5.50. The lowest BCUT2D eigenvalue weighted by molar-refractivity contribution is 0.397. The van der Waals surface area contributed by atoms with Crippen LogP contribution in [-0.4, -0.2) is 35.5 Å². The Balaban J connectivity index is 2.33. The van der Waals surface area contributed by atoms with E-state index in [4.69, 9.17) is 16.3 Å². The zero-order chi connectivity index (χ0) is 14.8. The van der Waals surface area contributed by atoms with Crippen LogP contribution in [0.4, 0.5) is 5.95 Å². The molecule has 10 heteroatoms. The van der Waals surface area contributed by atoms with Crippen molar-refractivity contribution in [2.24, 2.45) is 0 Å². The first kappa shape index (κ1) is 14.4. The fourth-order valence-electron chi connectivity index (χ4n) is 1.31. The Morgan fingerprint density at radius 3 is 2.50 bits per heavy atom. The van der Waals surface area contributed by atoms with Gasteiger partial charge in [0.2, 0.25) is 17.1 Å². The fourth-order valence-corrected chi connectivity index (χ4v) is 2.24. The number of hydrogen-bond acceptors (Lipinski definition) is 7. The second kappa shape index (κ2) is 5.55. The van der Waals surface area contributed by atoms with Crippen molar-refractivity contribution in [3.8, 4) is 5.88 Å².